The summed E-state index contributed by atoms with van der Waals surface area (Å²) < 4.78 is 3.18. The summed E-state index contributed by atoms with van der Waals surface area (Å²) in [6, 6.07) is 15.1. The maximum Gasteiger partial charge on any atom is 0.264 e. The monoisotopic (exact) mass is 435 g/mol. The van der Waals surface area contributed by atoms with Gasteiger partial charge in [0.05, 0.1) is 11.9 Å². The van der Waals surface area contributed by atoms with Gasteiger partial charge in [0.1, 0.15) is 11.2 Å². The Hall–Kier alpha value is -3.45. The van der Waals surface area contributed by atoms with Crippen molar-refractivity contribution in [2.24, 2.45) is 0 Å². The molecule has 0 fully saturated rings. The number of fused-ring (bicyclic) bond motifs is 1. The van der Waals surface area contributed by atoms with Crippen LogP contribution in [0.4, 0.5) is 0 Å². The van der Waals surface area contributed by atoms with E-state index in [-0.39, 0.29) is 24.4 Å². The predicted octanol–water partition coefficient (Wildman–Crippen LogP) is 3.56. The standard InChI is InChI=1S/C23H22ClN5O2/c1-15-3-9-19(10-4-15)29-22-20(14-26-29)23(31)28(16(2)27-22)12-11-21(30)25-13-17-5-7-18(24)8-6-17/h3-10,14H,11-13H2,1-2H3,(H,25,30). The maximum atomic E-state index is 13.0. The predicted molar refractivity (Wildman–Crippen MR) is 121 cm³/mol. The van der Waals surface area contributed by atoms with Crippen LogP contribution in [0.5, 0.6) is 0 Å². The molecule has 0 bridgehead atoms. The zero-order chi connectivity index (χ0) is 22.0. The topological polar surface area (TPSA) is 81.8 Å². The molecule has 2 heterocycles. The first kappa shape index (κ1) is 20.8. The maximum absolute atomic E-state index is 13.0. The normalized spacial score (nSPS) is 11.1. The van der Waals surface area contributed by atoms with Crippen LogP contribution >= 0.6 is 11.6 Å². The quantitative estimate of drug-likeness (QED) is 0.502. The van der Waals surface area contributed by atoms with Gasteiger partial charge in [-0.3, -0.25) is 14.2 Å². The molecule has 2 aromatic carbocycles. The molecule has 0 radical (unpaired) electrons. The van der Waals surface area contributed by atoms with Crippen molar-refractivity contribution < 1.29 is 4.79 Å². The lowest BCUT2D eigenvalue weighted by Crippen LogP contribution is -2.29. The van der Waals surface area contributed by atoms with E-state index >= 15 is 0 Å². The number of rotatable bonds is 6. The number of aryl methyl sites for hydroxylation is 2. The Morgan fingerprint density at radius 3 is 2.48 bits per heavy atom. The lowest BCUT2D eigenvalue weighted by Gasteiger charge is -2.11. The Bertz CT molecular complexity index is 1290. The van der Waals surface area contributed by atoms with Crippen molar-refractivity contribution in [3.8, 4) is 5.69 Å². The zero-order valence-corrected chi connectivity index (χ0v) is 18.1. The molecule has 2 aromatic heterocycles. The summed E-state index contributed by atoms with van der Waals surface area (Å²) in [4.78, 5) is 29.9. The number of aromatic nitrogens is 4. The second-order valence-corrected chi connectivity index (χ2v) is 7.83. The lowest BCUT2D eigenvalue weighted by molar-refractivity contribution is -0.121. The first-order valence-corrected chi connectivity index (χ1v) is 10.3. The van der Waals surface area contributed by atoms with Crippen molar-refractivity contribution in [2.75, 3.05) is 0 Å². The Kier molecular flexibility index (Phi) is 5.86. The van der Waals surface area contributed by atoms with E-state index in [4.69, 9.17) is 11.6 Å². The van der Waals surface area contributed by atoms with Crippen LogP contribution in [0.3, 0.4) is 0 Å². The van der Waals surface area contributed by atoms with E-state index in [2.05, 4.69) is 15.4 Å². The van der Waals surface area contributed by atoms with Crippen molar-refractivity contribution >= 4 is 28.5 Å². The molecular formula is C23H22ClN5O2. The van der Waals surface area contributed by atoms with Crippen molar-refractivity contribution in [3.05, 3.63) is 87.1 Å². The first-order chi connectivity index (χ1) is 14.9. The van der Waals surface area contributed by atoms with Gasteiger partial charge in [0.15, 0.2) is 5.65 Å². The third kappa shape index (κ3) is 4.51. The molecule has 0 aliphatic heterocycles. The van der Waals surface area contributed by atoms with E-state index in [0.717, 1.165) is 16.8 Å². The van der Waals surface area contributed by atoms with E-state index in [1.807, 2.05) is 43.3 Å². The van der Waals surface area contributed by atoms with Gasteiger partial charge < -0.3 is 5.32 Å². The van der Waals surface area contributed by atoms with Gasteiger partial charge in [0, 0.05) is 24.5 Å². The molecule has 0 aliphatic carbocycles. The fraction of sp³-hybridized carbons (Fsp3) is 0.217. The number of halogens is 1. The summed E-state index contributed by atoms with van der Waals surface area (Å²) in [6.45, 7) is 4.43. The lowest BCUT2D eigenvalue weighted by atomic mass is 10.2. The molecular weight excluding hydrogens is 414 g/mol. The molecule has 0 unspecified atom stereocenters. The number of hydrogen-bond acceptors (Lipinski definition) is 4. The van der Waals surface area contributed by atoms with Gasteiger partial charge in [-0.2, -0.15) is 5.10 Å². The number of carbonyl (C=O) groups excluding carboxylic acids is 1. The highest BCUT2D eigenvalue weighted by Crippen LogP contribution is 2.15. The molecule has 8 heteroatoms. The van der Waals surface area contributed by atoms with Gasteiger partial charge in [0.2, 0.25) is 5.91 Å². The number of amides is 1. The summed E-state index contributed by atoms with van der Waals surface area (Å²) in [7, 11) is 0. The molecule has 1 N–H and O–H groups in total. The number of nitrogens with one attached hydrogen (secondary N) is 1. The molecule has 0 atom stereocenters. The van der Waals surface area contributed by atoms with Crippen molar-refractivity contribution in [1.29, 1.82) is 0 Å². The highest BCUT2D eigenvalue weighted by atomic mass is 35.5. The molecule has 0 aliphatic rings. The Morgan fingerprint density at radius 2 is 1.77 bits per heavy atom. The molecule has 4 rings (SSSR count). The summed E-state index contributed by atoms with van der Waals surface area (Å²) in [6.07, 6.45) is 1.70. The van der Waals surface area contributed by atoms with Gasteiger partial charge >= 0.3 is 0 Å². The van der Waals surface area contributed by atoms with Crippen LogP contribution in [-0.2, 0) is 17.9 Å². The fourth-order valence-corrected chi connectivity index (χ4v) is 3.48. The highest BCUT2D eigenvalue weighted by molar-refractivity contribution is 6.30. The van der Waals surface area contributed by atoms with E-state index in [0.29, 0.717) is 28.4 Å². The second-order valence-electron chi connectivity index (χ2n) is 7.40. The minimum absolute atomic E-state index is 0.142. The van der Waals surface area contributed by atoms with Gasteiger partial charge in [-0.05, 0) is 43.7 Å². The minimum atomic E-state index is -0.202. The van der Waals surface area contributed by atoms with Crippen molar-refractivity contribution in [2.45, 2.75) is 33.4 Å². The minimum Gasteiger partial charge on any atom is -0.352 e. The molecule has 1 amide bonds. The van der Waals surface area contributed by atoms with Crippen LogP contribution < -0.4 is 10.9 Å². The molecule has 0 spiro atoms. The molecule has 7 nitrogen and oxygen atoms in total. The summed E-state index contributed by atoms with van der Waals surface area (Å²) in [5.41, 5.74) is 3.24. The molecule has 0 saturated heterocycles. The van der Waals surface area contributed by atoms with Gasteiger partial charge in [-0.25, -0.2) is 9.67 Å². The van der Waals surface area contributed by atoms with Gasteiger partial charge in [-0.1, -0.05) is 41.4 Å². The summed E-state index contributed by atoms with van der Waals surface area (Å²) in [5.74, 6) is 0.397. The molecule has 31 heavy (non-hydrogen) atoms. The van der Waals surface area contributed by atoms with Crippen LogP contribution in [0.25, 0.3) is 16.7 Å². The largest absolute Gasteiger partial charge is 0.352 e. The summed E-state index contributed by atoms with van der Waals surface area (Å²) in [5, 5.41) is 8.29. The van der Waals surface area contributed by atoms with Gasteiger partial charge in [0.25, 0.3) is 5.56 Å². The van der Waals surface area contributed by atoms with Crippen LogP contribution in [-0.4, -0.2) is 25.2 Å². The van der Waals surface area contributed by atoms with E-state index in [1.165, 1.54) is 10.8 Å². The Balaban J connectivity index is 1.49. The number of hydrogen-bond donors (Lipinski definition) is 1. The van der Waals surface area contributed by atoms with Crippen molar-refractivity contribution in [1.82, 2.24) is 24.6 Å². The Morgan fingerprint density at radius 1 is 1.06 bits per heavy atom. The van der Waals surface area contributed by atoms with E-state index < -0.39 is 0 Å². The Labute approximate surface area is 184 Å². The van der Waals surface area contributed by atoms with Crippen LogP contribution in [0, 0.1) is 13.8 Å². The van der Waals surface area contributed by atoms with Crippen LogP contribution in [0.2, 0.25) is 5.02 Å². The number of carbonyl (C=O) groups is 1. The third-order valence-corrected chi connectivity index (χ3v) is 5.37. The first-order valence-electron chi connectivity index (χ1n) is 9.96. The van der Waals surface area contributed by atoms with Crippen LogP contribution in [0.15, 0.2) is 59.5 Å². The van der Waals surface area contributed by atoms with E-state index in [9.17, 15) is 9.59 Å². The smallest absolute Gasteiger partial charge is 0.264 e. The fourth-order valence-electron chi connectivity index (χ4n) is 3.35. The van der Waals surface area contributed by atoms with Crippen molar-refractivity contribution in [3.63, 3.8) is 0 Å². The SMILES string of the molecule is Cc1ccc(-n2ncc3c(=O)n(CCC(=O)NCc4ccc(Cl)cc4)c(C)nc32)cc1. The molecule has 158 valence electrons. The molecule has 0 saturated carbocycles. The molecule has 4 aromatic rings. The number of nitrogens with zero attached hydrogens (tertiary/aromatic N) is 4. The average molecular weight is 436 g/mol. The van der Waals surface area contributed by atoms with Gasteiger partial charge in [-0.15, -0.1) is 0 Å². The summed E-state index contributed by atoms with van der Waals surface area (Å²) >= 11 is 5.87. The van der Waals surface area contributed by atoms with Crippen LogP contribution in [0.1, 0.15) is 23.4 Å². The highest BCUT2D eigenvalue weighted by Gasteiger charge is 2.15. The third-order valence-electron chi connectivity index (χ3n) is 5.12. The number of benzene rings is 2. The average Bonchev–Trinajstić information content (AvgIpc) is 3.17. The second kappa shape index (κ2) is 8.73. The zero-order valence-electron chi connectivity index (χ0n) is 17.3. The van der Waals surface area contributed by atoms with E-state index in [1.54, 1.807) is 23.7 Å².